The maximum Gasteiger partial charge on any atom is 0.322 e. The van der Waals surface area contributed by atoms with Gasteiger partial charge in [0.1, 0.15) is 0 Å². The Morgan fingerprint density at radius 1 is 1.33 bits per heavy atom. The predicted molar refractivity (Wildman–Crippen MR) is 76.8 cm³/mol. The first-order valence-corrected chi connectivity index (χ1v) is 6.08. The summed E-state index contributed by atoms with van der Waals surface area (Å²) in [7, 11) is 0. The van der Waals surface area contributed by atoms with Crippen LogP contribution in [0.25, 0.3) is 0 Å². The molecule has 0 fully saturated rings. The highest BCUT2D eigenvalue weighted by molar-refractivity contribution is 5.89. The van der Waals surface area contributed by atoms with E-state index in [2.05, 4.69) is 25.4 Å². The second kappa shape index (κ2) is 7.33. The molecule has 1 rings (SSSR count). The van der Waals surface area contributed by atoms with E-state index in [9.17, 15) is 4.79 Å². The molecule has 3 heteroatoms. The summed E-state index contributed by atoms with van der Waals surface area (Å²) in [6.45, 7) is 10.4. The minimum atomic E-state index is -0.136. The lowest BCUT2D eigenvalue weighted by molar-refractivity contribution is 0.222. The number of rotatable bonds is 6. The Hall–Kier alpha value is -2.03. The largest absolute Gasteiger partial charge is 0.322 e. The van der Waals surface area contributed by atoms with Crippen LogP contribution in [0, 0.1) is 0 Å². The van der Waals surface area contributed by atoms with Crippen molar-refractivity contribution in [1.29, 1.82) is 0 Å². The molecule has 3 nitrogen and oxygen atoms in total. The molecule has 0 saturated heterocycles. The number of nitrogens with zero attached hydrogens (tertiary/aromatic N) is 1. The molecule has 96 valence electrons. The van der Waals surface area contributed by atoms with E-state index < -0.39 is 0 Å². The minimum Gasteiger partial charge on any atom is -0.317 e. The van der Waals surface area contributed by atoms with E-state index in [1.54, 1.807) is 17.1 Å². The first kappa shape index (κ1) is 14.0. The molecule has 0 aliphatic heterocycles. The average Bonchev–Trinajstić information content (AvgIpc) is 2.38. The van der Waals surface area contributed by atoms with Crippen molar-refractivity contribution >= 4 is 11.7 Å². The molecule has 0 heterocycles. The van der Waals surface area contributed by atoms with Gasteiger partial charge in [0.05, 0.1) is 0 Å². The molecule has 18 heavy (non-hydrogen) atoms. The normalized spacial score (nSPS) is 9.61. The zero-order valence-corrected chi connectivity index (χ0v) is 10.9. The van der Waals surface area contributed by atoms with Gasteiger partial charge in [-0.2, -0.15) is 0 Å². The van der Waals surface area contributed by atoms with Crippen molar-refractivity contribution in [2.24, 2.45) is 0 Å². The van der Waals surface area contributed by atoms with Crippen LogP contribution >= 0.6 is 0 Å². The molecule has 0 atom stereocenters. The van der Waals surface area contributed by atoms with Gasteiger partial charge in [0, 0.05) is 18.8 Å². The van der Waals surface area contributed by atoms with Crippen LogP contribution in [0.15, 0.2) is 49.6 Å². The highest BCUT2D eigenvalue weighted by Gasteiger charge is 2.10. The Morgan fingerprint density at radius 3 is 2.56 bits per heavy atom. The lowest BCUT2D eigenvalue weighted by atomic mass is 10.1. The third kappa shape index (κ3) is 4.09. The molecule has 0 aliphatic rings. The maximum absolute atomic E-state index is 12.0. The Balaban J connectivity index is 2.71. The van der Waals surface area contributed by atoms with Crippen molar-refractivity contribution in [3.05, 3.63) is 55.1 Å². The Labute approximate surface area is 109 Å². The van der Waals surface area contributed by atoms with Gasteiger partial charge in [0.15, 0.2) is 0 Å². The standard InChI is InChI=1S/C15H20N2O/c1-4-10-17(11-5-2)15(18)16-14-9-7-8-13(6-3)12-14/h4-5,7-9,12H,1-2,6,10-11H2,3H3,(H,16,18). The van der Waals surface area contributed by atoms with Crippen molar-refractivity contribution in [3.63, 3.8) is 0 Å². The monoisotopic (exact) mass is 244 g/mol. The van der Waals surface area contributed by atoms with E-state index in [-0.39, 0.29) is 6.03 Å². The van der Waals surface area contributed by atoms with E-state index in [1.807, 2.05) is 24.3 Å². The summed E-state index contributed by atoms with van der Waals surface area (Å²) >= 11 is 0. The molecule has 0 bridgehead atoms. The molecule has 0 unspecified atom stereocenters. The van der Waals surface area contributed by atoms with Gasteiger partial charge in [0.2, 0.25) is 0 Å². The quantitative estimate of drug-likeness (QED) is 0.764. The van der Waals surface area contributed by atoms with Crippen LogP contribution < -0.4 is 5.32 Å². The second-order valence-electron chi connectivity index (χ2n) is 3.97. The number of benzene rings is 1. The number of nitrogens with one attached hydrogen (secondary N) is 1. The van der Waals surface area contributed by atoms with Crippen molar-refractivity contribution < 1.29 is 4.79 Å². The molecular weight excluding hydrogens is 224 g/mol. The van der Waals surface area contributed by atoms with Crippen LogP contribution in [0.5, 0.6) is 0 Å². The van der Waals surface area contributed by atoms with Crippen molar-refractivity contribution in [3.8, 4) is 0 Å². The molecule has 0 aliphatic carbocycles. The number of urea groups is 1. The van der Waals surface area contributed by atoms with Gasteiger partial charge >= 0.3 is 6.03 Å². The van der Waals surface area contributed by atoms with Crippen LogP contribution in [0.1, 0.15) is 12.5 Å². The van der Waals surface area contributed by atoms with Crippen LogP contribution in [0.3, 0.4) is 0 Å². The second-order valence-corrected chi connectivity index (χ2v) is 3.97. The van der Waals surface area contributed by atoms with E-state index in [1.165, 1.54) is 5.56 Å². The van der Waals surface area contributed by atoms with Gasteiger partial charge in [-0.15, -0.1) is 13.2 Å². The molecule has 0 spiro atoms. The fourth-order valence-electron chi connectivity index (χ4n) is 1.62. The minimum absolute atomic E-state index is 0.136. The maximum atomic E-state index is 12.0. The molecule has 1 aromatic rings. The van der Waals surface area contributed by atoms with Gasteiger partial charge in [0.25, 0.3) is 0 Å². The van der Waals surface area contributed by atoms with Gasteiger partial charge in [-0.3, -0.25) is 0 Å². The van der Waals surface area contributed by atoms with Gasteiger partial charge in [-0.25, -0.2) is 4.79 Å². The van der Waals surface area contributed by atoms with Crippen LogP contribution in [0.4, 0.5) is 10.5 Å². The average molecular weight is 244 g/mol. The van der Waals surface area contributed by atoms with Crippen molar-refractivity contribution in [2.75, 3.05) is 18.4 Å². The number of hydrogen-bond acceptors (Lipinski definition) is 1. The SMILES string of the molecule is C=CCN(CC=C)C(=O)Nc1cccc(CC)c1. The number of hydrogen-bond donors (Lipinski definition) is 1. The number of anilines is 1. The lowest BCUT2D eigenvalue weighted by Crippen LogP contribution is -2.35. The first-order chi connectivity index (χ1) is 8.71. The number of amides is 2. The fraction of sp³-hybridized carbons (Fsp3) is 0.267. The summed E-state index contributed by atoms with van der Waals surface area (Å²) in [6, 6.07) is 7.72. The Morgan fingerprint density at radius 2 is 2.00 bits per heavy atom. The third-order valence-electron chi connectivity index (χ3n) is 2.57. The Bertz CT molecular complexity index is 416. The molecule has 0 radical (unpaired) electrons. The number of aryl methyl sites for hydroxylation is 1. The number of carbonyl (C=O) groups is 1. The summed E-state index contributed by atoms with van der Waals surface area (Å²) in [5, 5.41) is 2.88. The molecular formula is C15H20N2O. The molecule has 2 amide bonds. The molecule has 0 saturated carbocycles. The van der Waals surface area contributed by atoms with Crippen molar-refractivity contribution in [2.45, 2.75) is 13.3 Å². The van der Waals surface area contributed by atoms with Crippen LogP contribution in [-0.2, 0) is 6.42 Å². The smallest absolute Gasteiger partial charge is 0.317 e. The topological polar surface area (TPSA) is 32.3 Å². The van der Waals surface area contributed by atoms with Gasteiger partial charge < -0.3 is 10.2 Å². The summed E-state index contributed by atoms with van der Waals surface area (Å²) in [4.78, 5) is 13.6. The van der Waals surface area contributed by atoms with E-state index in [0.717, 1.165) is 12.1 Å². The van der Waals surface area contributed by atoms with Crippen molar-refractivity contribution in [1.82, 2.24) is 4.90 Å². The van der Waals surface area contributed by atoms with Crippen LogP contribution in [0.2, 0.25) is 0 Å². The third-order valence-corrected chi connectivity index (χ3v) is 2.57. The molecule has 1 N–H and O–H groups in total. The van der Waals surface area contributed by atoms with E-state index >= 15 is 0 Å². The zero-order chi connectivity index (χ0) is 13.4. The summed E-state index contributed by atoms with van der Waals surface area (Å²) in [5.74, 6) is 0. The lowest BCUT2D eigenvalue weighted by Gasteiger charge is -2.20. The van der Waals surface area contributed by atoms with Gasteiger partial charge in [-0.1, -0.05) is 31.2 Å². The summed E-state index contributed by atoms with van der Waals surface area (Å²) in [6.07, 6.45) is 4.35. The highest BCUT2D eigenvalue weighted by atomic mass is 16.2. The van der Waals surface area contributed by atoms with E-state index in [4.69, 9.17) is 0 Å². The predicted octanol–water partition coefficient (Wildman–Crippen LogP) is 3.45. The fourth-order valence-corrected chi connectivity index (χ4v) is 1.62. The van der Waals surface area contributed by atoms with E-state index in [0.29, 0.717) is 13.1 Å². The highest BCUT2D eigenvalue weighted by Crippen LogP contribution is 2.11. The zero-order valence-electron chi connectivity index (χ0n) is 10.9. The van der Waals surface area contributed by atoms with Crippen LogP contribution in [-0.4, -0.2) is 24.0 Å². The summed E-state index contributed by atoms with van der Waals surface area (Å²) in [5.41, 5.74) is 2.02. The molecule has 1 aromatic carbocycles. The summed E-state index contributed by atoms with van der Waals surface area (Å²) < 4.78 is 0. The number of carbonyl (C=O) groups excluding carboxylic acids is 1. The molecule has 0 aromatic heterocycles. The Kier molecular flexibility index (Phi) is 5.71. The first-order valence-electron chi connectivity index (χ1n) is 6.08. The van der Waals surface area contributed by atoms with Gasteiger partial charge in [-0.05, 0) is 24.1 Å².